The highest BCUT2D eigenvalue weighted by Crippen LogP contribution is 2.50. The largest absolute Gasteiger partial charge is 0.496 e. The lowest BCUT2D eigenvalue weighted by atomic mass is 9.93. The normalized spacial score (nSPS) is 11.8. The molecule has 4 aromatic rings. The van der Waals surface area contributed by atoms with Gasteiger partial charge in [0, 0.05) is 25.2 Å². The van der Waals surface area contributed by atoms with Crippen molar-refractivity contribution < 1.29 is 18.3 Å². The van der Waals surface area contributed by atoms with Crippen molar-refractivity contribution in [3.05, 3.63) is 72.8 Å². The first-order chi connectivity index (χ1) is 13.6. The molecular weight excluding hydrogens is 371 g/mol. The summed E-state index contributed by atoms with van der Waals surface area (Å²) in [4.78, 5) is 0. The van der Waals surface area contributed by atoms with Gasteiger partial charge in [0.05, 0.1) is 12.4 Å². The molecule has 0 aliphatic heterocycles. The van der Waals surface area contributed by atoms with Gasteiger partial charge in [-0.2, -0.15) is 0 Å². The summed E-state index contributed by atoms with van der Waals surface area (Å²) in [7, 11) is 1.02. The van der Waals surface area contributed by atoms with Crippen LogP contribution in [0.1, 0.15) is 0 Å². The Morgan fingerprint density at radius 2 is 1.32 bits per heavy atom. The predicted octanol–water partition coefficient (Wildman–Crippen LogP) is 5.78. The Morgan fingerprint density at radius 3 is 2.00 bits per heavy atom. The van der Waals surface area contributed by atoms with Gasteiger partial charge in [0.15, 0.2) is 0 Å². The van der Waals surface area contributed by atoms with Gasteiger partial charge < -0.3 is 13.8 Å². The third-order valence-corrected chi connectivity index (χ3v) is 6.98. The van der Waals surface area contributed by atoms with Crippen molar-refractivity contribution >= 4 is 34.4 Å². The molecule has 4 nitrogen and oxygen atoms in total. The molecule has 0 aliphatic carbocycles. The highest BCUT2D eigenvalue weighted by molar-refractivity contribution is 7.62. The van der Waals surface area contributed by atoms with E-state index in [0.717, 1.165) is 38.4 Å². The van der Waals surface area contributed by atoms with E-state index < -0.39 is 7.60 Å². The molecule has 4 rings (SSSR count). The number of hydrogen-bond acceptors (Lipinski definition) is 4. The van der Waals surface area contributed by atoms with Gasteiger partial charge in [-0.15, -0.1) is 0 Å². The highest BCUT2D eigenvalue weighted by atomic mass is 31.2. The van der Waals surface area contributed by atoms with Crippen LogP contribution in [-0.2, 0) is 13.6 Å². The van der Waals surface area contributed by atoms with Crippen LogP contribution >= 0.6 is 7.60 Å². The van der Waals surface area contributed by atoms with E-state index in [-0.39, 0.29) is 0 Å². The SMILES string of the molecule is COc1ccc(-c2c(P(=O)(OC)OC)ccc3ccccc23)c2ccccc12. The average molecular weight is 392 g/mol. The van der Waals surface area contributed by atoms with Gasteiger partial charge in [0.2, 0.25) is 0 Å². The van der Waals surface area contributed by atoms with Crippen molar-refractivity contribution in [2.75, 3.05) is 21.3 Å². The molecule has 0 aromatic heterocycles. The molecule has 5 heteroatoms. The monoisotopic (exact) mass is 392 g/mol. The minimum absolute atomic E-state index is 0.548. The minimum Gasteiger partial charge on any atom is -0.496 e. The molecule has 0 aliphatic rings. The maximum atomic E-state index is 13.4. The van der Waals surface area contributed by atoms with Crippen molar-refractivity contribution in [1.29, 1.82) is 0 Å². The van der Waals surface area contributed by atoms with Crippen LogP contribution in [0, 0.1) is 0 Å². The second-order valence-corrected chi connectivity index (χ2v) is 8.61. The zero-order valence-electron chi connectivity index (χ0n) is 16.0. The lowest BCUT2D eigenvalue weighted by molar-refractivity contribution is 0.287. The summed E-state index contributed by atoms with van der Waals surface area (Å²) in [6.07, 6.45) is 0. The molecule has 4 aromatic carbocycles. The van der Waals surface area contributed by atoms with Crippen molar-refractivity contribution in [2.24, 2.45) is 0 Å². The number of hydrogen-bond donors (Lipinski definition) is 0. The molecule has 0 unspecified atom stereocenters. The van der Waals surface area contributed by atoms with E-state index in [1.54, 1.807) is 7.11 Å². The number of benzene rings is 4. The van der Waals surface area contributed by atoms with Gasteiger partial charge in [-0.1, -0.05) is 60.7 Å². The molecule has 0 saturated carbocycles. The minimum atomic E-state index is -3.47. The maximum absolute atomic E-state index is 13.4. The summed E-state index contributed by atoms with van der Waals surface area (Å²) in [5, 5.41) is 4.60. The summed E-state index contributed by atoms with van der Waals surface area (Å²) in [5.74, 6) is 0.794. The molecule has 28 heavy (non-hydrogen) atoms. The van der Waals surface area contributed by atoms with Crippen molar-refractivity contribution in [2.45, 2.75) is 0 Å². The van der Waals surface area contributed by atoms with E-state index in [4.69, 9.17) is 13.8 Å². The summed E-state index contributed by atoms with van der Waals surface area (Å²) < 4.78 is 29.6. The third-order valence-electron chi connectivity index (χ3n) is 5.06. The van der Waals surface area contributed by atoms with Crippen LogP contribution in [0.2, 0.25) is 0 Å². The van der Waals surface area contributed by atoms with Gasteiger partial charge in [0.25, 0.3) is 0 Å². The van der Waals surface area contributed by atoms with Crippen molar-refractivity contribution in [1.82, 2.24) is 0 Å². The van der Waals surface area contributed by atoms with Crippen LogP contribution in [0.15, 0.2) is 72.8 Å². The second kappa shape index (κ2) is 7.40. The van der Waals surface area contributed by atoms with Crippen LogP contribution in [0.3, 0.4) is 0 Å². The Labute approximate surface area is 164 Å². The Bertz CT molecular complexity index is 1210. The van der Waals surface area contributed by atoms with Crippen molar-refractivity contribution in [3.8, 4) is 16.9 Å². The first-order valence-electron chi connectivity index (χ1n) is 8.93. The number of rotatable bonds is 5. The van der Waals surface area contributed by atoms with E-state index in [2.05, 4.69) is 0 Å². The Morgan fingerprint density at radius 1 is 0.679 bits per heavy atom. The van der Waals surface area contributed by atoms with E-state index in [9.17, 15) is 4.57 Å². The second-order valence-electron chi connectivity index (χ2n) is 6.40. The van der Waals surface area contributed by atoms with Crippen molar-refractivity contribution in [3.63, 3.8) is 0 Å². The molecule has 0 radical (unpaired) electrons. The molecule has 0 N–H and O–H groups in total. The number of fused-ring (bicyclic) bond motifs is 2. The lowest BCUT2D eigenvalue weighted by Gasteiger charge is -2.21. The average Bonchev–Trinajstić information content (AvgIpc) is 2.77. The molecule has 0 amide bonds. The number of ether oxygens (including phenoxy) is 1. The molecule has 0 heterocycles. The molecule has 0 bridgehead atoms. The smallest absolute Gasteiger partial charge is 0.361 e. The van der Waals surface area contributed by atoms with Gasteiger partial charge in [-0.05, 0) is 33.9 Å². The lowest BCUT2D eigenvalue weighted by Crippen LogP contribution is -2.12. The van der Waals surface area contributed by atoms with Crippen LogP contribution in [0.25, 0.3) is 32.7 Å². The summed E-state index contributed by atoms with van der Waals surface area (Å²) >= 11 is 0. The Hall–Kier alpha value is -2.65. The molecule has 142 valence electrons. The molecule has 0 saturated heterocycles. The topological polar surface area (TPSA) is 44.8 Å². The zero-order chi connectivity index (χ0) is 19.7. The van der Waals surface area contributed by atoms with Gasteiger partial charge in [-0.25, -0.2) is 0 Å². The van der Waals surface area contributed by atoms with E-state index in [1.807, 2.05) is 72.8 Å². The van der Waals surface area contributed by atoms with Gasteiger partial charge in [-0.3, -0.25) is 4.57 Å². The Kier molecular flexibility index (Phi) is 4.94. The Balaban J connectivity index is 2.18. The summed E-state index contributed by atoms with van der Waals surface area (Å²) in [6, 6.07) is 23.8. The van der Waals surface area contributed by atoms with E-state index in [1.165, 1.54) is 14.2 Å². The predicted molar refractivity (Wildman–Crippen MR) is 115 cm³/mol. The summed E-state index contributed by atoms with van der Waals surface area (Å²) in [5.41, 5.74) is 1.81. The third kappa shape index (κ3) is 2.91. The van der Waals surface area contributed by atoms with Crippen LogP contribution in [-0.4, -0.2) is 21.3 Å². The fraction of sp³-hybridized carbons (Fsp3) is 0.130. The van der Waals surface area contributed by atoms with Gasteiger partial charge in [0.1, 0.15) is 5.75 Å². The first kappa shape index (κ1) is 18.7. The number of methoxy groups -OCH3 is 1. The standard InChI is InChI=1S/C23H21O4P/c1-25-21-14-13-20(18-10-6-7-11-19(18)21)23-17-9-5-4-8-16(17)12-15-22(23)28(24,26-2)27-3/h4-15H,1-3H3. The quantitative estimate of drug-likeness (QED) is 0.404. The molecule has 0 spiro atoms. The van der Waals surface area contributed by atoms with Gasteiger partial charge >= 0.3 is 7.60 Å². The molecular formula is C23H21O4P. The highest BCUT2D eigenvalue weighted by Gasteiger charge is 2.30. The fourth-order valence-electron chi connectivity index (χ4n) is 3.71. The maximum Gasteiger partial charge on any atom is 0.361 e. The van der Waals surface area contributed by atoms with Crippen LogP contribution in [0.5, 0.6) is 5.75 Å². The van der Waals surface area contributed by atoms with Crippen LogP contribution < -0.4 is 10.0 Å². The molecule has 0 atom stereocenters. The molecule has 0 fully saturated rings. The van der Waals surface area contributed by atoms with E-state index >= 15 is 0 Å². The summed E-state index contributed by atoms with van der Waals surface area (Å²) in [6.45, 7) is 0. The van der Waals surface area contributed by atoms with E-state index in [0.29, 0.717) is 5.30 Å². The zero-order valence-corrected chi connectivity index (χ0v) is 16.9. The fourth-order valence-corrected chi connectivity index (χ4v) is 5.02. The first-order valence-corrected chi connectivity index (χ1v) is 10.5. The van der Waals surface area contributed by atoms with Crippen LogP contribution in [0.4, 0.5) is 0 Å².